The van der Waals surface area contributed by atoms with Gasteiger partial charge in [-0.05, 0) is 43.2 Å². The molecule has 0 unspecified atom stereocenters. The third-order valence-corrected chi connectivity index (χ3v) is 6.14. The fourth-order valence-corrected chi connectivity index (χ4v) is 4.13. The molecule has 1 saturated heterocycles. The van der Waals surface area contributed by atoms with Crippen LogP contribution in [0.3, 0.4) is 0 Å². The Morgan fingerprint density at radius 2 is 1.83 bits per heavy atom. The van der Waals surface area contributed by atoms with Gasteiger partial charge in [-0.15, -0.1) is 0 Å². The van der Waals surface area contributed by atoms with Gasteiger partial charge in [-0.25, -0.2) is 18.7 Å². The Kier molecular flexibility index (Phi) is 5.94. The van der Waals surface area contributed by atoms with Crippen LogP contribution in [0.1, 0.15) is 18.9 Å². The number of nitrogens with one attached hydrogen (secondary N) is 1. The fourth-order valence-electron chi connectivity index (χ4n) is 4.13. The standard InChI is InChI=1S/C26H24F2N6O2/c27-17-3-6-20(21(28)14-17)25-23(16-34(32-25)19-4-5-19)36-22-2-1-8-30-26(22)31-18-7-9-29-24(15-18)33-10-12-35-13-11-33/h1-3,6-9,14-16,19H,4-5,10-13H2,(H,29,30,31). The van der Waals surface area contributed by atoms with Gasteiger partial charge in [0.15, 0.2) is 17.3 Å². The van der Waals surface area contributed by atoms with E-state index in [0.29, 0.717) is 36.2 Å². The lowest BCUT2D eigenvalue weighted by Crippen LogP contribution is -2.36. The average Bonchev–Trinajstić information content (AvgIpc) is 3.67. The lowest BCUT2D eigenvalue weighted by atomic mass is 10.1. The van der Waals surface area contributed by atoms with E-state index < -0.39 is 11.6 Å². The van der Waals surface area contributed by atoms with E-state index >= 15 is 0 Å². The molecular weight excluding hydrogens is 466 g/mol. The summed E-state index contributed by atoms with van der Waals surface area (Å²) in [6.07, 6.45) is 7.16. The predicted octanol–water partition coefficient (Wildman–Crippen LogP) is 5.33. The topological polar surface area (TPSA) is 77.3 Å². The number of pyridine rings is 2. The van der Waals surface area contributed by atoms with Crippen LogP contribution in [0.5, 0.6) is 11.5 Å². The van der Waals surface area contributed by atoms with Crippen LogP contribution in [0.2, 0.25) is 0 Å². The van der Waals surface area contributed by atoms with Crippen molar-refractivity contribution in [2.75, 3.05) is 36.5 Å². The maximum absolute atomic E-state index is 14.7. The minimum Gasteiger partial charge on any atom is -0.449 e. The Morgan fingerprint density at radius 1 is 0.972 bits per heavy atom. The minimum absolute atomic E-state index is 0.175. The fraction of sp³-hybridized carbons (Fsp3) is 0.269. The molecule has 1 aliphatic heterocycles. The van der Waals surface area contributed by atoms with Gasteiger partial charge >= 0.3 is 0 Å². The smallest absolute Gasteiger partial charge is 0.173 e. The van der Waals surface area contributed by atoms with E-state index in [0.717, 1.165) is 43.5 Å². The van der Waals surface area contributed by atoms with E-state index in [4.69, 9.17) is 9.47 Å². The van der Waals surface area contributed by atoms with Gasteiger partial charge in [-0.1, -0.05) is 0 Å². The van der Waals surface area contributed by atoms with E-state index in [1.807, 2.05) is 12.1 Å². The Morgan fingerprint density at radius 3 is 2.64 bits per heavy atom. The van der Waals surface area contributed by atoms with E-state index in [-0.39, 0.29) is 11.6 Å². The Labute approximate surface area is 206 Å². The van der Waals surface area contributed by atoms with E-state index in [2.05, 4.69) is 25.3 Å². The van der Waals surface area contributed by atoms with Crippen LogP contribution >= 0.6 is 0 Å². The summed E-state index contributed by atoms with van der Waals surface area (Å²) in [5.41, 5.74) is 1.29. The van der Waals surface area contributed by atoms with Crippen molar-refractivity contribution in [2.45, 2.75) is 18.9 Å². The highest BCUT2D eigenvalue weighted by Gasteiger charge is 2.28. The summed E-state index contributed by atoms with van der Waals surface area (Å²) in [5.74, 6) is 0.808. The first kappa shape index (κ1) is 22.4. The number of aromatic nitrogens is 4. The van der Waals surface area contributed by atoms with Crippen LogP contribution < -0.4 is 15.0 Å². The zero-order chi connectivity index (χ0) is 24.5. The van der Waals surface area contributed by atoms with E-state index in [1.165, 1.54) is 12.1 Å². The zero-order valence-corrected chi connectivity index (χ0v) is 19.4. The number of ether oxygens (including phenoxy) is 2. The van der Waals surface area contributed by atoms with Gasteiger partial charge in [0.2, 0.25) is 0 Å². The molecule has 4 heterocycles. The molecule has 0 spiro atoms. The van der Waals surface area contributed by atoms with Crippen molar-refractivity contribution in [3.05, 3.63) is 72.7 Å². The molecule has 4 aromatic rings. The van der Waals surface area contributed by atoms with Gasteiger partial charge in [0, 0.05) is 48.9 Å². The molecule has 2 aliphatic rings. The molecule has 1 aliphatic carbocycles. The SMILES string of the molecule is Fc1ccc(-c2nn(C3CC3)cc2Oc2cccnc2Nc2ccnc(N3CCOCC3)c2)c(F)c1. The van der Waals surface area contributed by atoms with Gasteiger partial charge in [0.1, 0.15) is 23.1 Å². The monoisotopic (exact) mass is 490 g/mol. The molecule has 1 N–H and O–H groups in total. The van der Waals surface area contributed by atoms with Crippen LogP contribution in [-0.4, -0.2) is 46.1 Å². The molecular formula is C26H24F2N6O2. The maximum atomic E-state index is 14.7. The molecule has 10 heteroatoms. The quantitative estimate of drug-likeness (QED) is 0.375. The maximum Gasteiger partial charge on any atom is 0.173 e. The molecule has 0 atom stereocenters. The normalized spacial score (nSPS) is 15.7. The molecule has 3 aromatic heterocycles. The van der Waals surface area contributed by atoms with Crippen molar-refractivity contribution in [3.8, 4) is 22.8 Å². The summed E-state index contributed by atoms with van der Waals surface area (Å²) in [6, 6.07) is 11.0. The van der Waals surface area contributed by atoms with Crippen molar-refractivity contribution >= 4 is 17.3 Å². The summed E-state index contributed by atoms with van der Waals surface area (Å²) in [6.45, 7) is 2.90. The number of anilines is 3. The molecule has 1 aromatic carbocycles. The summed E-state index contributed by atoms with van der Waals surface area (Å²) in [7, 11) is 0. The molecule has 1 saturated carbocycles. The first-order valence-electron chi connectivity index (χ1n) is 11.9. The number of halogens is 2. The predicted molar refractivity (Wildman–Crippen MR) is 131 cm³/mol. The van der Waals surface area contributed by atoms with E-state index in [9.17, 15) is 8.78 Å². The Balaban J connectivity index is 1.30. The highest BCUT2D eigenvalue weighted by atomic mass is 19.1. The second-order valence-corrected chi connectivity index (χ2v) is 8.76. The number of morpholine rings is 1. The molecule has 6 rings (SSSR count). The molecule has 0 radical (unpaired) electrons. The van der Waals surface area contributed by atoms with Gasteiger partial charge in [0.05, 0.1) is 25.5 Å². The molecule has 0 bridgehead atoms. The number of benzene rings is 1. The van der Waals surface area contributed by atoms with Crippen molar-refractivity contribution in [1.82, 2.24) is 19.7 Å². The van der Waals surface area contributed by atoms with Gasteiger partial charge in [0.25, 0.3) is 0 Å². The number of hydrogen-bond donors (Lipinski definition) is 1. The van der Waals surface area contributed by atoms with Crippen LogP contribution in [0.25, 0.3) is 11.3 Å². The molecule has 36 heavy (non-hydrogen) atoms. The Bertz CT molecular complexity index is 1380. The number of hydrogen-bond acceptors (Lipinski definition) is 7. The van der Waals surface area contributed by atoms with Crippen molar-refractivity contribution in [3.63, 3.8) is 0 Å². The lowest BCUT2D eigenvalue weighted by molar-refractivity contribution is 0.122. The lowest BCUT2D eigenvalue weighted by Gasteiger charge is -2.28. The second kappa shape index (κ2) is 9.54. The van der Waals surface area contributed by atoms with Crippen molar-refractivity contribution in [1.29, 1.82) is 0 Å². The first-order valence-corrected chi connectivity index (χ1v) is 11.9. The van der Waals surface area contributed by atoms with E-state index in [1.54, 1.807) is 35.4 Å². The third kappa shape index (κ3) is 4.72. The van der Waals surface area contributed by atoms with Crippen molar-refractivity contribution < 1.29 is 18.3 Å². The summed E-state index contributed by atoms with van der Waals surface area (Å²) in [5, 5.41) is 7.88. The molecule has 8 nitrogen and oxygen atoms in total. The van der Waals surface area contributed by atoms with Crippen molar-refractivity contribution in [2.24, 2.45) is 0 Å². The molecule has 184 valence electrons. The molecule has 0 amide bonds. The number of nitrogens with zero attached hydrogens (tertiary/aromatic N) is 5. The average molecular weight is 491 g/mol. The Hall–Kier alpha value is -4.05. The first-order chi connectivity index (χ1) is 17.6. The van der Waals surface area contributed by atoms with Crippen LogP contribution in [0.4, 0.5) is 26.1 Å². The second-order valence-electron chi connectivity index (χ2n) is 8.76. The van der Waals surface area contributed by atoms with Gasteiger partial charge < -0.3 is 19.7 Å². The zero-order valence-electron chi connectivity index (χ0n) is 19.4. The number of rotatable bonds is 7. The summed E-state index contributed by atoms with van der Waals surface area (Å²) < 4.78 is 41.7. The van der Waals surface area contributed by atoms with Crippen LogP contribution in [0.15, 0.2) is 61.1 Å². The van der Waals surface area contributed by atoms with Gasteiger partial charge in [-0.3, -0.25) is 4.68 Å². The molecule has 2 fully saturated rings. The highest BCUT2D eigenvalue weighted by molar-refractivity contribution is 5.69. The van der Waals surface area contributed by atoms with Crippen LogP contribution in [0, 0.1) is 11.6 Å². The summed E-state index contributed by atoms with van der Waals surface area (Å²) in [4.78, 5) is 11.1. The third-order valence-electron chi connectivity index (χ3n) is 6.14. The van der Waals surface area contributed by atoms with Gasteiger partial charge in [-0.2, -0.15) is 5.10 Å². The largest absolute Gasteiger partial charge is 0.449 e. The highest BCUT2D eigenvalue weighted by Crippen LogP contribution is 2.41. The van der Waals surface area contributed by atoms with Crippen LogP contribution in [-0.2, 0) is 4.74 Å². The summed E-state index contributed by atoms with van der Waals surface area (Å²) >= 11 is 0. The minimum atomic E-state index is -0.696.